The molecule has 0 aliphatic carbocycles. The average molecular weight is 337 g/mol. The Labute approximate surface area is 139 Å². The highest BCUT2D eigenvalue weighted by atomic mass is 35.5. The lowest BCUT2D eigenvalue weighted by molar-refractivity contribution is -0.885. The number of carbonyl (C=O) groups excluding carboxylic acids is 2. The molecule has 7 heteroatoms. The number of amides is 3. The van der Waals surface area contributed by atoms with Gasteiger partial charge in [0.25, 0.3) is 5.91 Å². The largest absolute Gasteiger partial charge is 0.467 e. The highest BCUT2D eigenvalue weighted by molar-refractivity contribution is 6.30. The van der Waals surface area contributed by atoms with E-state index in [1.165, 1.54) is 6.26 Å². The van der Waals surface area contributed by atoms with Crippen LogP contribution in [0.3, 0.4) is 0 Å². The van der Waals surface area contributed by atoms with E-state index in [9.17, 15) is 9.59 Å². The van der Waals surface area contributed by atoms with Gasteiger partial charge in [0.2, 0.25) is 0 Å². The molecule has 0 bridgehead atoms. The zero-order valence-electron chi connectivity index (χ0n) is 12.8. The van der Waals surface area contributed by atoms with Gasteiger partial charge in [-0.3, -0.25) is 10.1 Å². The summed E-state index contributed by atoms with van der Waals surface area (Å²) < 4.78 is 5.09. The fourth-order valence-electron chi connectivity index (χ4n) is 2.08. The van der Waals surface area contributed by atoms with Gasteiger partial charge in [-0.2, -0.15) is 0 Å². The monoisotopic (exact) mass is 336 g/mol. The van der Waals surface area contributed by atoms with E-state index < -0.39 is 6.03 Å². The van der Waals surface area contributed by atoms with Gasteiger partial charge in [0.1, 0.15) is 12.3 Å². The van der Waals surface area contributed by atoms with Crippen LogP contribution in [0, 0.1) is 0 Å². The van der Waals surface area contributed by atoms with Gasteiger partial charge in [0.15, 0.2) is 6.54 Å². The Kier molecular flexibility index (Phi) is 6.19. The Bertz CT molecular complexity index is 641. The van der Waals surface area contributed by atoms with Crippen molar-refractivity contribution in [2.45, 2.75) is 13.1 Å². The van der Waals surface area contributed by atoms with Crippen molar-refractivity contribution in [2.75, 3.05) is 13.6 Å². The molecule has 1 aromatic carbocycles. The number of benzene rings is 1. The topological polar surface area (TPSA) is 75.8 Å². The molecule has 0 radical (unpaired) electrons. The summed E-state index contributed by atoms with van der Waals surface area (Å²) in [6.07, 6.45) is 1.52. The maximum atomic E-state index is 11.8. The molecule has 3 N–H and O–H groups in total. The first-order valence-electron chi connectivity index (χ1n) is 7.19. The molecule has 2 aromatic rings. The van der Waals surface area contributed by atoms with Crippen molar-refractivity contribution in [1.82, 2.24) is 10.6 Å². The Hall–Kier alpha value is -2.31. The van der Waals surface area contributed by atoms with Crippen molar-refractivity contribution in [3.8, 4) is 0 Å². The minimum Gasteiger partial charge on any atom is -0.467 e. The van der Waals surface area contributed by atoms with Gasteiger partial charge in [-0.25, -0.2) is 4.79 Å². The van der Waals surface area contributed by atoms with Gasteiger partial charge in [0, 0.05) is 10.6 Å². The van der Waals surface area contributed by atoms with Crippen LogP contribution in [0.25, 0.3) is 0 Å². The van der Waals surface area contributed by atoms with Gasteiger partial charge in [-0.05, 0) is 24.3 Å². The van der Waals surface area contributed by atoms with Crippen LogP contribution in [0.1, 0.15) is 11.3 Å². The number of hydrogen-bond donors (Lipinski definition) is 3. The lowest BCUT2D eigenvalue weighted by Crippen LogP contribution is -3.09. The summed E-state index contributed by atoms with van der Waals surface area (Å²) in [4.78, 5) is 24.4. The molecule has 3 amide bonds. The minimum absolute atomic E-state index is 0.191. The fraction of sp³-hybridized carbons (Fsp3) is 0.250. The van der Waals surface area contributed by atoms with Gasteiger partial charge in [-0.15, -0.1) is 0 Å². The Balaban J connectivity index is 1.70. The van der Waals surface area contributed by atoms with E-state index >= 15 is 0 Å². The van der Waals surface area contributed by atoms with Crippen molar-refractivity contribution >= 4 is 23.5 Å². The molecule has 23 heavy (non-hydrogen) atoms. The number of nitrogens with one attached hydrogen (secondary N) is 3. The van der Waals surface area contributed by atoms with Crippen LogP contribution in [0.5, 0.6) is 0 Å². The van der Waals surface area contributed by atoms with Crippen LogP contribution >= 0.6 is 11.6 Å². The van der Waals surface area contributed by atoms with E-state index in [2.05, 4.69) is 10.6 Å². The molecule has 0 aliphatic rings. The molecule has 2 rings (SSSR count). The number of carbonyl (C=O) groups is 2. The Morgan fingerprint density at radius 3 is 2.61 bits per heavy atom. The zero-order chi connectivity index (χ0) is 16.7. The molecule has 1 atom stereocenters. The molecule has 0 spiro atoms. The number of rotatable bonds is 6. The van der Waals surface area contributed by atoms with Crippen LogP contribution in [-0.2, 0) is 17.9 Å². The fourth-order valence-corrected chi connectivity index (χ4v) is 2.21. The number of halogens is 1. The van der Waals surface area contributed by atoms with Crippen molar-refractivity contribution < 1.29 is 18.9 Å². The quantitative estimate of drug-likeness (QED) is 0.736. The van der Waals surface area contributed by atoms with Crippen LogP contribution in [0.15, 0.2) is 47.1 Å². The predicted molar refractivity (Wildman–Crippen MR) is 86.0 cm³/mol. The summed E-state index contributed by atoms with van der Waals surface area (Å²) in [5, 5.41) is 5.53. The molecule has 6 nitrogen and oxygen atoms in total. The first-order chi connectivity index (χ1) is 11.0. The minimum atomic E-state index is -0.536. The van der Waals surface area contributed by atoms with Crippen molar-refractivity contribution in [1.29, 1.82) is 0 Å². The maximum absolute atomic E-state index is 11.8. The summed E-state index contributed by atoms with van der Waals surface area (Å²) in [7, 11) is 1.88. The molecule has 122 valence electrons. The second kappa shape index (κ2) is 8.36. The lowest BCUT2D eigenvalue weighted by Gasteiger charge is -2.13. The van der Waals surface area contributed by atoms with Crippen LogP contribution in [-0.4, -0.2) is 25.5 Å². The molecule has 1 aromatic heterocycles. The molecule has 1 unspecified atom stereocenters. The first-order valence-corrected chi connectivity index (χ1v) is 7.56. The Morgan fingerprint density at radius 2 is 1.96 bits per heavy atom. The molecular weight excluding hydrogens is 318 g/mol. The first kappa shape index (κ1) is 17.1. The zero-order valence-corrected chi connectivity index (χ0v) is 13.5. The van der Waals surface area contributed by atoms with Crippen LogP contribution in [0.2, 0.25) is 5.02 Å². The highest BCUT2D eigenvalue weighted by Crippen LogP contribution is 2.08. The molecule has 0 aliphatic heterocycles. The number of likely N-dealkylation sites (N-methyl/N-ethyl adjacent to an activating group) is 1. The second-order valence-corrected chi connectivity index (χ2v) is 5.68. The smallest absolute Gasteiger partial charge is 0.321 e. The van der Waals surface area contributed by atoms with E-state index in [0.717, 1.165) is 10.5 Å². The van der Waals surface area contributed by atoms with Crippen molar-refractivity contribution in [3.63, 3.8) is 0 Å². The maximum Gasteiger partial charge on any atom is 0.321 e. The summed E-state index contributed by atoms with van der Waals surface area (Å²) in [6, 6.07) is 10.4. The predicted octanol–water partition coefficient (Wildman–Crippen LogP) is 0.974. The number of quaternary nitrogens is 1. The summed E-state index contributed by atoms with van der Waals surface area (Å²) in [5.74, 6) is 0.284. The van der Waals surface area contributed by atoms with Gasteiger partial charge < -0.3 is 14.6 Å². The van der Waals surface area contributed by atoms with Crippen molar-refractivity contribution in [2.24, 2.45) is 0 Å². The summed E-state index contributed by atoms with van der Waals surface area (Å²) >= 11 is 5.83. The number of imide groups is 1. The van der Waals surface area contributed by atoms with Crippen molar-refractivity contribution in [3.05, 3.63) is 59.0 Å². The SMILES string of the molecule is C[NH+](CC(=O)NC(=O)NCc1ccco1)Cc1ccc(Cl)cc1. The average Bonchev–Trinajstić information content (AvgIpc) is 3.00. The Morgan fingerprint density at radius 1 is 1.22 bits per heavy atom. The van der Waals surface area contributed by atoms with Crippen LogP contribution < -0.4 is 15.5 Å². The number of furan rings is 1. The third-order valence-electron chi connectivity index (χ3n) is 3.14. The third-order valence-corrected chi connectivity index (χ3v) is 3.39. The summed E-state index contributed by atoms with van der Waals surface area (Å²) in [5.41, 5.74) is 1.07. The lowest BCUT2D eigenvalue weighted by atomic mass is 10.2. The van der Waals surface area contributed by atoms with E-state index in [1.807, 2.05) is 31.3 Å². The number of urea groups is 1. The van der Waals surface area contributed by atoms with Gasteiger partial charge >= 0.3 is 6.03 Å². The third kappa shape index (κ3) is 6.14. The second-order valence-electron chi connectivity index (χ2n) is 5.25. The highest BCUT2D eigenvalue weighted by Gasteiger charge is 2.13. The molecular formula is C16H19ClN3O3+. The molecule has 1 heterocycles. The van der Waals surface area contributed by atoms with Crippen LogP contribution in [0.4, 0.5) is 4.79 Å². The van der Waals surface area contributed by atoms with E-state index in [0.29, 0.717) is 17.3 Å². The summed E-state index contributed by atoms with van der Waals surface area (Å²) in [6.45, 7) is 1.09. The number of hydrogen-bond acceptors (Lipinski definition) is 3. The van der Waals surface area contributed by atoms with E-state index in [1.54, 1.807) is 12.1 Å². The van der Waals surface area contributed by atoms with Gasteiger partial charge in [0.05, 0.1) is 19.9 Å². The molecule has 0 fully saturated rings. The molecule has 0 saturated carbocycles. The standard InChI is InChI=1S/C16H18ClN3O3/c1-20(10-12-4-6-13(17)7-5-12)11-15(21)19-16(22)18-9-14-3-2-8-23-14/h2-8H,9-11H2,1H3,(H2,18,19,21,22)/p+1. The van der Waals surface area contributed by atoms with Gasteiger partial charge in [-0.1, -0.05) is 23.7 Å². The van der Waals surface area contributed by atoms with E-state index in [-0.39, 0.29) is 19.0 Å². The van der Waals surface area contributed by atoms with E-state index in [4.69, 9.17) is 16.0 Å². The normalized spacial score (nSPS) is 11.7. The molecule has 0 saturated heterocycles.